The van der Waals surface area contributed by atoms with E-state index in [1.807, 2.05) is 0 Å². The van der Waals surface area contributed by atoms with Gasteiger partial charge in [-0.3, -0.25) is 0 Å². The highest BCUT2D eigenvalue weighted by Crippen LogP contribution is 2.29. The Morgan fingerprint density at radius 1 is 1.05 bits per heavy atom. The Morgan fingerprint density at radius 3 is 2.32 bits per heavy atom. The van der Waals surface area contributed by atoms with Crippen LogP contribution in [-0.4, -0.2) is 15.0 Å². The molecule has 0 aliphatic carbocycles. The van der Waals surface area contributed by atoms with Crippen LogP contribution >= 0.6 is 11.6 Å². The van der Waals surface area contributed by atoms with Crippen molar-refractivity contribution in [3.05, 3.63) is 65.2 Å². The van der Waals surface area contributed by atoms with Crippen LogP contribution in [0.1, 0.15) is 10.8 Å². The maximum Gasteiger partial charge on any atom is 0.186 e. The molecule has 0 saturated heterocycles. The van der Waals surface area contributed by atoms with Gasteiger partial charge in [0.2, 0.25) is 0 Å². The van der Waals surface area contributed by atoms with Crippen molar-refractivity contribution in [3.63, 3.8) is 0 Å². The molecule has 0 heterocycles. The molecule has 3 nitrogen and oxygen atoms in total. The molecule has 1 unspecified atom stereocenters. The van der Waals surface area contributed by atoms with Crippen molar-refractivity contribution < 1.29 is 8.42 Å². The van der Waals surface area contributed by atoms with Gasteiger partial charge in [-0.1, -0.05) is 41.9 Å². The zero-order chi connectivity index (χ0) is 13.9. The molecule has 0 aromatic heterocycles. The van der Waals surface area contributed by atoms with Crippen LogP contribution in [0.25, 0.3) is 0 Å². The summed E-state index contributed by atoms with van der Waals surface area (Å²) in [6.45, 7) is 0.0115. The van der Waals surface area contributed by atoms with E-state index in [2.05, 4.69) is 0 Å². The lowest BCUT2D eigenvalue weighted by atomic mass is 10.1. The molecule has 2 N–H and O–H groups in total. The van der Waals surface area contributed by atoms with Gasteiger partial charge in [-0.05, 0) is 29.8 Å². The Hall–Kier alpha value is -1.36. The van der Waals surface area contributed by atoms with E-state index >= 15 is 0 Å². The Morgan fingerprint density at radius 2 is 1.74 bits per heavy atom. The topological polar surface area (TPSA) is 60.2 Å². The molecule has 0 fully saturated rings. The average molecular weight is 296 g/mol. The predicted molar refractivity (Wildman–Crippen MR) is 76.9 cm³/mol. The second kappa shape index (κ2) is 5.74. The third kappa shape index (κ3) is 2.97. The predicted octanol–water partition coefficient (Wildman–Crippen LogP) is 2.81. The lowest BCUT2D eigenvalue weighted by molar-refractivity contribution is 0.582. The number of halogens is 1. The molecule has 0 bridgehead atoms. The third-order valence-corrected chi connectivity index (χ3v) is 5.26. The summed E-state index contributed by atoms with van der Waals surface area (Å²) in [6, 6.07) is 15.1. The summed E-state index contributed by atoms with van der Waals surface area (Å²) < 4.78 is 25.1. The molecule has 0 aliphatic rings. The van der Waals surface area contributed by atoms with Gasteiger partial charge in [0.15, 0.2) is 9.84 Å². The molecule has 19 heavy (non-hydrogen) atoms. The lowest BCUT2D eigenvalue weighted by Crippen LogP contribution is -2.22. The Labute approximate surface area is 117 Å². The molecule has 100 valence electrons. The minimum atomic E-state index is -3.50. The lowest BCUT2D eigenvalue weighted by Gasteiger charge is -2.16. The number of rotatable bonds is 4. The average Bonchev–Trinajstić information content (AvgIpc) is 2.40. The van der Waals surface area contributed by atoms with E-state index in [-0.39, 0.29) is 11.4 Å². The zero-order valence-electron chi connectivity index (χ0n) is 10.2. The summed E-state index contributed by atoms with van der Waals surface area (Å²) >= 11 is 5.91. The highest BCUT2D eigenvalue weighted by atomic mass is 35.5. The molecule has 2 aromatic rings. The van der Waals surface area contributed by atoms with Crippen molar-refractivity contribution in [1.29, 1.82) is 0 Å². The second-order valence-corrected chi connectivity index (χ2v) is 6.70. The van der Waals surface area contributed by atoms with Crippen LogP contribution in [0.3, 0.4) is 0 Å². The van der Waals surface area contributed by atoms with Gasteiger partial charge in [0.1, 0.15) is 5.25 Å². The number of hydrogen-bond donors (Lipinski definition) is 1. The fraction of sp³-hybridized carbons (Fsp3) is 0.143. The molecule has 0 aliphatic heterocycles. The fourth-order valence-electron chi connectivity index (χ4n) is 1.92. The van der Waals surface area contributed by atoms with Gasteiger partial charge in [-0.15, -0.1) is 0 Å². The van der Waals surface area contributed by atoms with Gasteiger partial charge in [-0.25, -0.2) is 8.42 Å². The maximum absolute atomic E-state index is 12.6. The quantitative estimate of drug-likeness (QED) is 0.943. The smallest absolute Gasteiger partial charge is 0.186 e. The number of nitrogens with two attached hydrogens (primary N) is 1. The Bertz CT molecular complexity index is 656. The summed E-state index contributed by atoms with van der Waals surface area (Å²) in [6.07, 6.45) is 0. The molecule has 1 atom stereocenters. The first-order valence-electron chi connectivity index (χ1n) is 5.80. The van der Waals surface area contributed by atoms with E-state index in [9.17, 15) is 8.42 Å². The van der Waals surface area contributed by atoms with E-state index in [0.29, 0.717) is 10.6 Å². The Balaban J connectivity index is 2.48. The van der Waals surface area contributed by atoms with E-state index in [4.69, 9.17) is 17.3 Å². The van der Waals surface area contributed by atoms with Crippen molar-refractivity contribution in [2.24, 2.45) is 5.73 Å². The molecule has 0 saturated carbocycles. The monoisotopic (exact) mass is 295 g/mol. The molecular weight excluding hydrogens is 282 g/mol. The van der Waals surface area contributed by atoms with Crippen LogP contribution in [0, 0.1) is 0 Å². The Kier molecular flexibility index (Phi) is 4.24. The minimum Gasteiger partial charge on any atom is -0.329 e. The van der Waals surface area contributed by atoms with Crippen LogP contribution in [-0.2, 0) is 9.84 Å². The van der Waals surface area contributed by atoms with E-state index < -0.39 is 15.1 Å². The van der Waals surface area contributed by atoms with Gasteiger partial charge in [-0.2, -0.15) is 0 Å². The summed E-state index contributed by atoms with van der Waals surface area (Å²) in [7, 11) is -3.50. The maximum atomic E-state index is 12.6. The zero-order valence-corrected chi connectivity index (χ0v) is 11.7. The summed E-state index contributed by atoms with van der Waals surface area (Å²) in [4.78, 5) is 0.269. The number of benzene rings is 2. The molecule has 5 heteroatoms. The largest absolute Gasteiger partial charge is 0.329 e. The van der Waals surface area contributed by atoms with Crippen molar-refractivity contribution >= 4 is 21.4 Å². The van der Waals surface area contributed by atoms with Crippen molar-refractivity contribution in [1.82, 2.24) is 0 Å². The van der Waals surface area contributed by atoms with Gasteiger partial charge in [0, 0.05) is 11.6 Å². The fourth-order valence-corrected chi connectivity index (χ4v) is 3.75. The molecular formula is C14H14ClNO2S. The highest BCUT2D eigenvalue weighted by molar-refractivity contribution is 7.91. The minimum absolute atomic E-state index is 0.0115. The first-order valence-corrected chi connectivity index (χ1v) is 7.72. The van der Waals surface area contributed by atoms with Crippen LogP contribution in [0.2, 0.25) is 5.02 Å². The van der Waals surface area contributed by atoms with E-state index in [1.165, 1.54) is 0 Å². The molecule has 0 amide bonds. The standard InChI is InChI=1S/C14H14ClNO2S/c15-12-6-4-5-11(9-12)14(10-16)19(17,18)13-7-2-1-3-8-13/h1-9,14H,10,16H2. The second-order valence-electron chi connectivity index (χ2n) is 4.14. The summed E-state index contributed by atoms with van der Waals surface area (Å²) in [5.41, 5.74) is 6.27. The molecule has 2 rings (SSSR count). The molecule has 0 spiro atoms. The van der Waals surface area contributed by atoms with Crippen LogP contribution in [0.4, 0.5) is 0 Å². The number of sulfone groups is 1. The van der Waals surface area contributed by atoms with Crippen LogP contribution in [0.15, 0.2) is 59.5 Å². The highest BCUT2D eigenvalue weighted by Gasteiger charge is 2.27. The van der Waals surface area contributed by atoms with Gasteiger partial charge < -0.3 is 5.73 Å². The number of hydrogen-bond acceptors (Lipinski definition) is 3. The summed E-state index contributed by atoms with van der Waals surface area (Å²) in [5, 5.41) is -0.284. The van der Waals surface area contributed by atoms with Crippen molar-refractivity contribution in [2.75, 3.05) is 6.54 Å². The first-order chi connectivity index (χ1) is 9.05. The van der Waals surface area contributed by atoms with Crippen molar-refractivity contribution in [3.8, 4) is 0 Å². The summed E-state index contributed by atoms with van der Waals surface area (Å²) in [5.74, 6) is 0. The third-order valence-electron chi connectivity index (χ3n) is 2.88. The van der Waals surface area contributed by atoms with Crippen LogP contribution in [0.5, 0.6) is 0 Å². The van der Waals surface area contributed by atoms with Gasteiger partial charge in [0.25, 0.3) is 0 Å². The first kappa shape index (κ1) is 14.1. The normalized spacial score (nSPS) is 13.2. The van der Waals surface area contributed by atoms with E-state index in [1.54, 1.807) is 54.6 Å². The van der Waals surface area contributed by atoms with Gasteiger partial charge >= 0.3 is 0 Å². The van der Waals surface area contributed by atoms with E-state index in [0.717, 1.165) is 0 Å². The molecule has 2 aromatic carbocycles. The van der Waals surface area contributed by atoms with Gasteiger partial charge in [0.05, 0.1) is 4.90 Å². The van der Waals surface area contributed by atoms with Crippen LogP contribution < -0.4 is 5.73 Å². The van der Waals surface area contributed by atoms with Crippen molar-refractivity contribution in [2.45, 2.75) is 10.1 Å². The molecule has 0 radical (unpaired) electrons. The SMILES string of the molecule is NCC(c1cccc(Cl)c1)S(=O)(=O)c1ccccc1.